The van der Waals surface area contributed by atoms with Gasteiger partial charge >= 0.3 is 0 Å². The zero-order chi connectivity index (χ0) is 20.1. The van der Waals surface area contributed by atoms with Crippen LogP contribution in [0.2, 0.25) is 10.0 Å². The van der Waals surface area contributed by atoms with Crippen LogP contribution in [-0.2, 0) is 11.4 Å². The topological polar surface area (TPSA) is 77.2 Å². The quantitative estimate of drug-likeness (QED) is 0.505. The molecule has 0 atom stereocenters. The third-order valence-corrected chi connectivity index (χ3v) is 5.16. The Balaban J connectivity index is 1.48. The van der Waals surface area contributed by atoms with Crippen LogP contribution in [0.25, 0.3) is 0 Å². The Morgan fingerprint density at radius 3 is 2.71 bits per heavy atom. The number of benzene rings is 2. The van der Waals surface area contributed by atoms with E-state index in [0.29, 0.717) is 15.8 Å². The van der Waals surface area contributed by atoms with Gasteiger partial charge in [-0.15, -0.1) is 10.2 Å². The van der Waals surface area contributed by atoms with E-state index in [4.69, 9.17) is 32.4 Å². The van der Waals surface area contributed by atoms with Gasteiger partial charge in [0.1, 0.15) is 5.75 Å². The second kappa shape index (κ2) is 9.32. The molecule has 2 aromatic carbocycles. The fraction of sp³-hybridized carbons (Fsp3) is 0.211. The number of carbonyl (C=O) groups is 1. The fourth-order valence-corrected chi connectivity index (χ4v) is 3.27. The largest absolute Gasteiger partial charge is 0.482 e. The van der Waals surface area contributed by atoms with Crippen molar-refractivity contribution in [3.8, 4) is 5.75 Å². The van der Waals surface area contributed by atoms with E-state index in [-0.39, 0.29) is 29.4 Å². The zero-order valence-corrected chi connectivity index (χ0v) is 17.5. The summed E-state index contributed by atoms with van der Waals surface area (Å²) in [5, 5.41) is 11.8. The summed E-state index contributed by atoms with van der Waals surface area (Å²) in [5.41, 5.74) is 3.05. The number of ether oxygens (including phenoxy) is 1. The molecule has 146 valence electrons. The molecule has 1 aromatic heterocycles. The number of hydrogen-bond donors (Lipinski definition) is 1. The van der Waals surface area contributed by atoms with Gasteiger partial charge in [0.25, 0.3) is 11.1 Å². The van der Waals surface area contributed by atoms with Gasteiger partial charge in [-0.05, 0) is 55.3 Å². The van der Waals surface area contributed by atoms with E-state index < -0.39 is 0 Å². The smallest absolute Gasteiger partial charge is 0.277 e. The number of aromatic nitrogens is 2. The summed E-state index contributed by atoms with van der Waals surface area (Å²) in [5.74, 6) is 0.741. The summed E-state index contributed by atoms with van der Waals surface area (Å²) >= 11 is 13.0. The van der Waals surface area contributed by atoms with Crippen LogP contribution in [0.5, 0.6) is 5.75 Å². The average Bonchev–Trinajstić information content (AvgIpc) is 3.10. The van der Waals surface area contributed by atoms with Crippen molar-refractivity contribution < 1.29 is 13.9 Å². The lowest BCUT2D eigenvalue weighted by Crippen LogP contribution is -2.14. The monoisotopic (exact) mass is 437 g/mol. The Labute approximate surface area is 176 Å². The van der Waals surface area contributed by atoms with Gasteiger partial charge in [0.05, 0.1) is 10.8 Å². The van der Waals surface area contributed by atoms with Crippen LogP contribution in [0.15, 0.2) is 46.0 Å². The van der Waals surface area contributed by atoms with E-state index in [1.807, 2.05) is 32.0 Å². The number of rotatable bonds is 7. The molecule has 0 aliphatic carbocycles. The van der Waals surface area contributed by atoms with Crippen LogP contribution >= 0.6 is 35.0 Å². The molecular formula is C19H17Cl2N3O3S. The first kappa shape index (κ1) is 20.5. The van der Waals surface area contributed by atoms with Gasteiger partial charge < -0.3 is 14.5 Å². The highest BCUT2D eigenvalue weighted by molar-refractivity contribution is 7.99. The lowest BCUT2D eigenvalue weighted by atomic mass is 10.1. The van der Waals surface area contributed by atoms with Gasteiger partial charge in [0.15, 0.2) is 6.61 Å². The number of halogens is 2. The van der Waals surface area contributed by atoms with Gasteiger partial charge in [0.2, 0.25) is 5.91 Å². The van der Waals surface area contributed by atoms with Crippen molar-refractivity contribution in [3.05, 3.63) is 63.5 Å². The Morgan fingerprint density at radius 1 is 1.14 bits per heavy atom. The van der Waals surface area contributed by atoms with Crippen LogP contribution in [0, 0.1) is 13.8 Å². The molecule has 0 saturated heterocycles. The summed E-state index contributed by atoms with van der Waals surface area (Å²) in [6, 6.07) is 10.7. The number of aryl methyl sites for hydroxylation is 2. The molecule has 0 saturated carbocycles. The summed E-state index contributed by atoms with van der Waals surface area (Å²) < 4.78 is 11.0. The zero-order valence-electron chi connectivity index (χ0n) is 15.2. The molecule has 1 N–H and O–H groups in total. The van der Waals surface area contributed by atoms with Gasteiger partial charge in [-0.25, -0.2) is 0 Å². The number of hydrogen-bond acceptors (Lipinski definition) is 6. The van der Waals surface area contributed by atoms with Crippen LogP contribution in [-0.4, -0.2) is 21.9 Å². The molecule has 0 aliphatic rings. The molecule has 9 heteroatoms. The fourth-order valence-electron chi connectivity index (χ4n) is 2.23. The highest BCUT2D eigenvalue weighted by Crippen LogP contribution is 2.28. The summed E-state index contributed by atoms with van der Waals surface area (Å²) in [6.07, 6.45) is 0. The summed E-state index contributed by atoms with van der Waals surface area (Å²) in [7, 11) is 0. The SMILES string of the molecule is Cc1ccc(NC(=O)CSc2nnc(COc3ccc(Cl)cc3Cl)o2)cc1C. The van der Waals surface area contributed by atoms with Crippen LogP contribution < -0.4 is 10.1 Å². The van der Waals surface area contributed by atoms with Crippen molar-refractivity contribution in [1.29, 1.82) is 0 Å². The van der Waals surface area contributed by atoms with Crippen molar-refractivity contribution in [3.63, 3.8) is 0 Å². The Bertz CT molecular complexity index is 994. The highest BCUT2D eigenvalue weighted by atomic mass is 35.5. The van der Waals surface area contributed by atoms with Crippen molar-refractivity contribution >= 4 is 46.6 Å². The van der Waals surface area contributed by atoms with E-state index in [1.165, 1.54) is 5.56 Å². The number of nitrogens with zero attached hydrogens (tertiary/aromatic N) is 2. The third kappa shape index (κ3) is 5.64. The van der Waals surface area contributed by atoms with E-state index in [1.54, 1.807) is 18.2 Å². The summed E-state index contributed by atoms with van der Waals surface area (Å²) in [6.45, 7) is 4.08. The summed E-state index contributed by atoms with van der Waals surface area (Å²) in [4.78, 5) is 12.1. The normalized spacial score (nSPS) is 10.7. The first-order chi connectivity index (χ1) is 13.4. The lowest BCUT2D eigenvalue weighted by Gasteiger charge is -2.06. The molecule has 0 bridgehead atoms. The van der Waals surface area contributed by atoms with E-state index in [9.17, 15) is 4.79 Å². The van der Waals surface area contributed by atoms with Gasteiger partial charge in [0, 0.05) is 10.7 Å². The average molecular weight is 438 g/mol. The van der Waals surface area contributed by atoms with Crippen LogP contribution in [0.1, 0.15) is 17.0 Å². The van der Waals surface area contributed by atoms with Crippen molar-refractivity contribution in [2.45, 2.75) is 25.7 Å². The molecule has 0 fully saturated rings. The minimum absolute atomic E-state index is 0.0593. The number of nitrogens with one attached hydrogen (secondary N) is 1. The van der Waals surface area contributed by atoms with Gasteiger partial charge in [-0.1, -0.05) is 41.0 Å². The second-order valence-corrected chi connectivity index (χ2v) is 7.73. The molecule has 28 heavy (non-hydrogen) atoms. The highest BCUT2D eigenvalue weighted by Gasteiger charge is 2.12. The Kier molecular flexibility index (Phi) is 6.83. The van der Waals surface area contributed by atoms with Crippen LogP contribution in [0.3, 0.4) is 0 Å². The number of anilines is 1. The first-order valence-corrected chi connectivity index (χ1v) is 10.0. The maximum Gasteiger partial charge on any atom is 0.277 e. The minimum Gasteiger partial charge on any atom is -0.482 e. The molecule has 0 radical (unpaired) electrons. The molecule has 3 rings (SSSR count). The Hall–Kier alpha value is -2.22. The molecule has 3 aromatic rings. The molecule has 1 amide bonds. The van der Waals surface area contributed by atoms with Crippen LogP contribution in [0.4, 0.5) is 5.69 Å². The molecule has 0 aliphatic heterocycles. The Morgan fingerprint density at radius 2 is 1.96 bits per heavy atom. The first-order valence-electron chi connectivity index (χ1n) is 8.31. The predicted molar refractivity (Wildman–Crippen MR) is 110 cm³/mol. The maximum atomic E-state index is 12.1. The minimum atomic E-state index is -0.155. The standard InChI is InChI=1S/C19H17Cl2N3O3S/c1-11-3-5-14(7-12(11)2)22-17(25)10-28-19-24-23-18(27-19)9-26-16-6-4-13(20)8-15(16)21/h3-8H,9-10H2,1-2H3,(H,22,25). The predicted octanol–water partition coefficient (Wildman–Crippen LogP) is 5.30. The molecule has 1 heterocycles. The maximum absolute atomic E-state index is 12.1. The van der Waals surface area contributed by atoms with Crippen molar-refractivity contribution in [2.75, 3.05) is 11.1 Å². The van der Waals surface area contributed by atoms with Crippen molar-refractivity contribution in [1.82, 2.24) is 10.2 Å². The molecule has 0 spiro atoms. The molecule has 6 nitrogen and oxygen atoms in total. The number of carbonyl (C=O) groups excluding carboxylic acids is 1. The number of thioether (sulfide) groups is 1. The lowest BCUT2D eigenvalue weighted by molar-refractivity contribution is -0.113. The van der Waals surface area contributed by atoms with Gasteiger partial charge in [-0.2, -0.15) is 0 Å². The van der Waals surface area contributed by atoms with E-state index >= 15 is 0 Å². The molecule has 0 unspecified atom stereocenters. The van der Waals surface area contributed by atoms with E-state index in [0.717, 1.165) is 23.0 Å². The molecular weight excluding hydrogens is 421 g/mol. The van der Waals surface area contributed by atoms with E-state index in [2.05, 4.69) is 15.5 Å². The number of amides is 1. The van der Waals surface area contributed by atoms with Crippen molar-refractivity contribution in [2.24, 2.45) is 0 Å². The third-order valence-electron chi connectivity index (χ3n) is 3.81. The van der Waals surface area contributed by atoms with Gasteiger partial charge in [-0.3, -0.25) is 4.79 Å². The second-order valence-electron chi connectivity index (χ2n) is 5.96.